The van der Waals surface area contributed by atoms with Crippen molar-refractivity contribution in [1.82, 2.24) is 0 Å². The van der Waals surface area contributed by atoms with Crippen LogP contribution >= 0.6 is 0 Å². The number of alkyl halides is 4. The Morgan fingerprint density at radius 2 is 1.87 bits per heavy atom. The maximum absolute atomic E-state index is 13.1. The van der Waals surface area contributed by atoms with Gasteiger partial charge in [0.25, 0.3) is 6.36 Å². The molecule has 82 valence electrons. The van der Waals surface area contributed by atoms with Crippen molar-refractivity contribution in [2.45, 2.75) is 18.8 Å². The number of para-hydroxylation sites is 1. The molecule has 1 aliphatic rings. The van der Waals surface area contributed by atoms with Crippen molar-refractivity contribution in [3.8, 4) is 5.75 Å². The minimum absolute atomic E-state index is 0.0716. The maximum Gasteiger partial charge on any atom is 0.523 e. The molecular formula is C9H6F4O2. The smallest absolute Gasteiger partial charge is 0.457 e. The van der Waals surface area contributed by atoms with Gasteiger partial charge in [-0.25, -0.2) is 0 Å². The zero-order valence-corrected chi connectivity index (χ0v) is 7.29. The Hall–Kier alpha value is -1.30. The molecule has 0 saturated heterocycles. The highest BCUT2D eigenvalue weighted by Gasteiger charge is 2.43. The van der Waals surface area contributed by atoms with Crippen molar-refractivity contribution >= 4 is 0 Å². The van der Waals surface area contributed by atoms with E-state index in [1.807, 2.05) is 0 Å². The number of benzene rings is 1. The molecular weight excluding hydrogens is 216 g/mol. The van der Waals surface area contributed by atoms with E-state index in [0.29, 0.717) is 0 Å². The molecule has 0 unspecified atom stereocenters. The minimum atomic E-state index is -4.88. The Morgan fingerprint density at radius 3 is 2.53 bits per heavy atom. The van der Waals surface area contributed by atoms with E-state index in [9.17, 15) is 17.6 Å². The van der Waals surface area contributed by atoms with Gasteiger partial charge in [-0.05, 0) is 6.07 Å². The lowest BCUT2D eigenvalue weighted by atomic mass is 10.1. The highest BCUT2D eigenvalue weighted by molar-refractivity contribution is 5.38. The quantitative estimate of drug-likeness (QED) is 0.680. The highest BCUT2D eigenvalue weighted by atomic mass is 19.4. The molecule has 1 aromatic rings. The van der Waals surface area contributed by atoms with E-state index < -0.39 is 18.8 Å². The summed E-state index contributed by atoms with van der Waals surface area (Å²) in [6.07, 6.45) is -8.74. The molecule has 0 aromatic heterocycles. The van der Waals surface area contributed by atoms with Crippen molar-refractivity contribution in [2.75, 3.05) is 0 Å². The van der Waals surface area contributed by atoms with Gasteiger partial charge in [0.1, 0.15) is 5.75 Å². The van der Waals surface area contributed by atoms with Crippen LogP contribution in [0.3, 0.4) is 0 Å². The Bertz CT molecular complexity index is 363. The van der Waals surface area contributed by atoms with Gasteiger partial charge >= 0.3 is 6.36 Å². The molecule has 2 atom stereocenters. The largest absolute Gasteiger partial charge is 0.523 e. The van der Waals surface area contributed by atoms with Crippen molar-refractivity contribution in [1.29, 1.82) is 0 Å². The van der Waals surface area contributed by atoms with E-state index in [4.69, 9.17) is 0 Å². The fraction of sp³-hybridized carbons (Fsp3) is 0.333. The number of rotatable bonds is 1. The molecule has 2 nitrogen and oxygen atoms in total. The van der Waals surface area contributed by atoms with Crippen molar-refractivity contribution < 1.29 is 27.0 Å². The third kappa shape index (κ3) is 2.04. The standard InChI is InChI=1S/C9H6F4O2/c10-8-7(15-9(11,12)13)5-3-1-2-4-6(5)14-8/h1-4,7-8H/t7-,8-/m1/s1. The van der Waals surface area contributed by atoms with Crippen LogP contribution in [0.4, 0.5) is 17.6 Å². The molecule has 0 spiro atoms. The van der Waals surface area contributed by atoms with Crippen LogP contribution in [0.2, 0.25) is 0 Å². The Labute approximate surface area is 82.4 Å². The molecule has 0 N–H and O–H groups in total. The third-order valence-electron chi connectivity index (χ3n) is 1.96. The Morgan fingerprint density at radius 1 is 1.20 bits per heavy atom. The van der Waals surface area contributed by atoms with Gasteiger partial charge in [-0.2, -0.15) is 4.39 Å². The highest BCUT2D eigenvalue weighted by Crippen LogP contribution is 2.42. The second-order valence-electron chi connectivity index (χ2n) is 2.99. The molecule has 1 heterocycles. The van der Waals surface area contributed by atoms with Crippen molar-refractivity contribution in [2.24, 2.45) is 0 Å². The van der Waals surface area contributed by atoms with Crippen LogP contribution in [0.5, 0.6) is 5.75 Å². The lowest BCUT2D eigenvalue weighted by Crippen LogP contribution is -2.23. The second-order valence-corrected chi connectivity index (χ2v) is 2.99. The Kier molecular flexibility index (Phi) is 2.30. The van der Waals surface area contributed by atoms with Crippen LogP contribution in [0.25, 0.3) is 0 Å². The van der Waals surface area contributed by atoms with E-state index in [0.717, 1.165) is 0 Å². The molecule has 0 fully saturated rings. The monoisotopic (exact) mass is 222 g/mol. The molecule has 0 saturated carbocycles. The SMILES string of the molecule is F[C@@H]1Oc2ccccc2[C@H]1OC(F)(F)F. The van der Waals surface area contributed by atoms with Gasteiger partial charge < -0.3 is 4.74 Å². The van der Waals surface area contributed by atoms with Crippen LogP contribution in [-0.4, -0.2) is 12.7 Å². The predicted octanol–water partition coefficient (Wildman–Crippen LogP) is 2.95. The summed E-state index contributed by atoms with van der Waals surface area (Å²) in [5.74, 6) is 0.0826. The minimum Gasteiger partial charge on any atom is -0.457 e. The van der Waals surface area contributed by atoms with Crippen molar-refractivity contribution in [3.63, 3.8) is 0 Å². The summed E-state index contributed by atoms with van der Waals surface area (Å²) >= 11 is 0. The van der Waals surface area contributed by atoms with Gasteiger partial charge in [0.2, 0.25) is 0 Å². The number of halogens is 4. The fourth-order valence-corrected chi connectivity index (χ4v) is 1.41. The lowest BCUT2D eigenvalue weighted by Gasteiger charge is -2.15. The summed E-state index contributed by atoms with van der Waals surface area (Å²) in [5, 5.41) is 0. The summed E-state index contributed by atoms with van der Waals surface area (Å²) in [6.45, 7) is 0. The van der Waals surface area contributed by atoms with Crippen LogP contribution in [0.1, 0.15) is 11.7 Å². The van der Waals surface area contributed by atoms with Crippen LogP contribution < -0.4 is 4.74 Å². The average Bonchev–Trinajstić information content (AvgIpc) is 2.41. The molecule has 15 heavy (non-hydrogen) atoms. The topological polar surface area (TPSA) is 18.5 Å². The van der Waals surface area contributed by atoms with Gasteiger partial charge in [-0.1, -0.05) is 18.2 Å². The lowest BCUT2D eigenvalue weighted by molar-refractivity contribution is -0.355. The van der Waals surface area contributed by atoms with E-state index >= 15 is 0 Å². The van der Waals surface area contributed by atoms with Crippen LogP contribution in [0, 0.1) is 0 Å². The normalized spacial score (nSPS) is 24.8. The zero-order chi connectivity index (χ0) is 11.1. The fourth-order valence-electron chi connectivity index (χ4n) is 1.41. The van der Waals surface area contributed by atoms with Gasteiger partial charge in [-0.15, -0.1) is 13.2 Å². The zero-order valence-electron chi connectivity index (χ0n) is 7.29. The first kappa shape index (κ1) is 10.2. The van der Waals surface area contributed by atoms with Crippen molar-refractivity contribution in [3.05, 3.63) is 29.8 Å². The number of fused-ring (bicyclic) bond motifs is 1. The number of hydrogen-bond donors (Lipinski definition) is 0. The van der Waals surface area contributed by atoms with Gasteiger partial charge in [0.05, 0.1) is 0 Å². The molecule has 0 bridgehead atoms. The number of ether oxygens (including phenoxy) is 2. The van der Waals surface area contributed by atoms with E-state index in [-0.39, 0.29) is 11.3 Å². The van der Waals surface area contributed by atoms with E-state index in [1.54, 1.807) is 6.07 Å². The first-order valence-corrected chi connectivity index (χ1v) is 4.11. The molecule has 1 aromatic carbocycles. The van der Waals surface area contributed by atoms with E-state index in [1.165, 1.54) is 18.2 Å². The first-order valence-electron chi connectivity index (χ1n) is 4.11. The predicted molar refractivity (Wildman–Crippen MR) is 41.8 cm³/mol. The average molecular weight is 222 g/mol. The van der Waals surface area contributed by atoms with Crippen LogP contribution in [-0.2, 0) is 4.74 Å². The molecule has 0 amide bonds. The summed E-state index contributed by atoms with van der Waals surface area (Å²) in [5.41, 5.74) is 0.0716. The van der Waals surface area contributed by atoms with E-state index in [2.05, 4.69) is 9.47 Å². The third-order valence-corrected chi connectivity index (χ3v) is 1.96. The van der Waals surface area contributed by atoms with Crippen LogP contribution in [0.15, 0.2) is 24.3 Å². The summed E-state index contributed by atoms with van der Waals surface area (Å²) in [4.78, 5) is 0. The summed E-state index contributed by atoms with van der Waals surface area (Å²) in [6, 6.07) is 5.77. The first-order chi connectivity index (χ1) is 6.97. The van der Waals surface area contributed by atoms with Gasteiger partial charge in [-0.3, -0.25) is 4.74 Å². The Balaban J connectivity index is 2.26. The van der Waals surface area contributed by atoms with Gasteiger partial charge in [0, 0.05) is 5.56 Å². The summed E-state index contributed by atoms with van der Waals surface area (Å²) < 4.78 is 57.1. The molecule has 0 aliphatic carbocycles. The molecule has 6 heteroatoms. The summed E-state index contributed by atoms with van der Waals surface area (Å²) in [7, 11) is 0. The second kappa shape index (κ2) is 3.37. The molecule has 0 radical (unpaired) electrons. The molecule has 1 aliphatic heterocycles. The maximum atomic E-state index is 13.1. The number of hydrogen-bond acceptors (Lipinski definition) is 2. The van der Waals surface area contributed by atoms with Gasteiger partial charge in [0.15, 0.2) is 6.10 Å². The molecule has 2 rings (SSSR count).